The normalized spacial score (nSPS) is 13.1. The topological polar surface area (TPSA) is 42.4 Å². The van der Waals surface area contributed by atoms with E-state index in [1.807, 2.05) is 12.1 Å². The van der Waals surface area contributed by atoms with Gasteiger partial charge >= 0.3 is 0 Å². The van der Waals surface area contributed by atoms with Crippen molar-refractivity contribution in [3.8, 4) is 5.75 Å². The summed E-state index contributed by atoms with van der Waals surface area (Å²) in [4.78, 5) is 18.6. The maximum Gasteiger partial charge on any atom is 0.258 e. The van der Waals surface area contributed by atoms with Gasteiger partial charge in [-0.25, -0.2) is 8.78 Å². The number of nitrogens with zero attached hydrogens (tertiary/aromatic N) is 2. The first kappa shape index (κ1) is 18.1. The van der Waals surface area contributed by atoms with Gasteiger partial charge in [-0.1, -0.05) is 12.1 Å². The first-order valence-electron chi connectivity index (χ1n) is 9.03. The molecule has 0 N–H and O–H groups in total. The van der Waals surface area contributed by atoms with Gasteiger partial charge in [0.25, 0.3) is 5.91 Å². The van der Waals surface area contributed by atoms with Gasteiger partial charge in [0.05, 0.1) is 5.69 Å². The average molecular weight is 380 g/mol. The number of ether oxygens (including phenoxy) is 1. The number of halogens is 2. The molecule has 28 heavy (non-hydrogen) atoms. The van der Waals surface area contributed by atoms with E-state index in [9.17, 15) is 13.6 Å². The molecule has 4 nitrogen and oxygen atoms in total. The molecule has 2 heterocycles. The van der Waals surface area contributed by atoms with E-state index in [0.29, 0.717) is 48.6 Å². The number of amides is 1. The molecule has 0 aliphatic carbocycles. The molecule has 1 amide bonds. The van der Waals surface area contributed by atoms with Gasteiger partial charge in [0.1, 0.15) is 12.4 Å². The fourth-order valence-corrected chi connectivity index (χ4v) is 3.31. The van der Waals surface area contributed by atoms with E-state index in [4.69, 9.17) is 4.74 Å². The molecular weight excluding hydrogens is 362 g/mol. The summed E-state index contributed by atoms with van der Waals surface area (Å²) in [7, 11) is 0. The summed E-state index contributed by atoms with van der Waals surface area (Å²) in [5, 5.41) is 0. The summed E-state index contributed by atoms with van der Waals surface area (Å²) in [6.45, 7) is 0.792. The molecule has 0 atom stereocenters. The predicted octanol–water partition coefficient (Wildman–Crippen LogP) is 4.53. The zero-order chi connectivity index (χ0) is 19.5. The fraction of sp³-hybridized carbons (Fsp3) is 0.182. The Hall–Kier alpha value is -3.28. The molecule has 4 rings (SSSR count). The molecule has 1 aliphatic heterocycles. The van der Waals surface area contributed by atoms with Crippen LogP contribution in [0.4, 0.5) is 14.5 Å². The van der Waals surface area contributed by atoms with Crippen molar-refractivity contribution in [2.45, 2.75) is 19.4 Å². The molecule has 142 valence electrons. The molecule has 6 heteroatoms. The van der Waals surface area contributed by atoms with Crippen LogP contribution in [0.1, 0.15) is 27.9 Å². The van der Waals surface area contributed by atoms with Gasteiger partial charge in [0.2, 0.25) is 0 Å². The number of aryl methyl sites for hydroxylation is 1. The molecule has 0 spiro atoms. The Morgan fingerprint density at radius 3 is 2.79 bits per heavy atom. The van der Waals surface area contributed by atoms with Crippen molar-refractivity contribution in [2.75, 3.05) is 11.4 Å². The lowest BCUT2D eigenvalue weighted by Crippen LogP contribution is -2.35. The fourth-order valence-electron chi connectivity index (χ4n) is 3.31. The second kappa shape index (κ2) is 7.76. The SMILES string of the molecule is O=C(c1cccc(OCc2cccnc2)c1)N1CCCc2cc(F)c(F)cc21. The molecule has 0 radical (unpaired) electrons. The standard InChI is InChI=1S/C22H18F2N2O2/c23-19-11-16-6-3-9-26(21(16)12-20(19)24)22(27)17-5-1-7-18(10-17)28-14-15-4-2-8-25-13-15/h1-2,4-5,7-8,10-13H,3,6,9,14H2. The molecule has 1 aliphatic rings. The second-order valence-corrected chi connectivity index (χ2v) is 6.63. The third-order valence-electron chi connectivity index (χ3n) is 4.69. The Morgan fingerprint density at radius 1 is 1.11 bits per heavy atom. The predicted molar refractivity (Wildman–Crippen MR) is 101 cm³/mol. The number of rotatable bonds is 4. The number of hydrogen-bond donors (Lipinski definition) is 0. The van der Waals surface area contributed by atoms with Gasteiger partial charge in [-0.05, 0) is 48.7 Å². The van der Waals surface area contributed by atoms with Crippen molar-refractivity contribution in [2.24, 2.45) is 0 Å². The van der Waals surface area contributed by atoms with Crippen LogP contribution in [-0.2, 0) is 13.0 Å². The summed E-state index contributed by atoms with van der Waals surface area (Å²) < 4.78 is 33.0. The maximum absolute atomic E-state index is 13.7. The summed E-state index contributed by atoms with van der Waals surface area (Å²) in [5.74, 6) is -1.55. The van der Waals surface area contributed by atoms with E-state index in [-0.39, 0.29) is 5.91 Å². The number of carbonyl (C=O) groups excluding carboxylic acids is 1. The number of benzene rings is 2. The Labute approximate surface area is 161 Å². The monoisotopic (exact) mass is 380 g/mol. The Morgan fingerprint density at radius 2 is 1.96 bits per heavy atom. The summed E-state index contributed by atoms with van der Waals surface area (Å²) in [6.07, 6.45) is 4.72. The lowest BCUT2D eigenvalue weighted by molar-refractivity contribution is 0.0984. The minimum Gasteiger partial charge on any atom is -0.489 e. The lowest BCUT2D eigenvalue weighted by atomic mass is 10.00. The quantitative estimate of drug-likeness (QED) is 0.668. The summed E-state index contributed by atoms with van der Waals surface area (Å²) in [6, 6.07) is 12.9. The van der Waals surface area contributed by atoms with Crippen molar-refractivity contribution >= 4 is 11.6 Å². The third-order valence-corrected chi connectivity index (χ3v) is 4.69. The number of pyridine rings is 1. The minimum absolute atomic E-state index is 0.265. The number of hydrogen-bond acceptors (Lipinski definition) is 3. The van der Waals surface area contributed by atoms with Gasteiger partial charge in [0, 0.05) is 36.1 Å². The van der Waals surface area contributed by atoms with E-state index >= 15 is 0 Å². The van der Waals surface area contributed by atoms with Crippen LogP contribution in [0, 0.1) is 11.6 Å². The van der Waals surface area contributed by atoms with Crippen LogP contribution >= 0.6 is 0 Å². The highest BCUT2D eigenvalue weighted by molar-refractivity contribution is 6.07. The highest BCUT2D eigenvalue weighted by Gasteiger charge is 2.25. The van der Waals surface area contributed by atoms with Crippen molar-refractivity contribution in [3.63, 3.8) is 0 Å². The molecule has 1 aromatic heterocycles. The average Bonchev–Trinajstić information content (AvgIpc) is 2.73. The van der Waals surface area contributed by atoms with E-state index in [1.165, 1.54) is 11.0 Å². The Balaban J connectivity index is 1.55. The van der Waals surface area contributed by atoms with E-state index in [1.54, 1.807) is 36.7 Å². The molecule has 0 saturated heterocycles. The van der Waals surface area contributed by atoms with Crippen LogP contribution in [0.3, 0.4) is 0 Å². The Kier molecular flexibility index (Phi) is 5.02. The smallest absolute Gasteiger partial charge is 0.258 e. The largest absolute Gasteiger partial charge is 0.489 e. The van der Waals surface area contributed by atoms with Crippen LogP contribution in [0.5, 0.6) is 5.75 Å². The van der Waals surface area contributed by atoms with Gasteiger partial charge in [-0.15, -0.1) is 0 Å². The van der Waals surface area contributed by atoms with Gasteiger partial charge in [-0.3, -0.25) is 9.78 Å². The summed E-state index contributed by atoms with van der Waals surface area (Å²) in [5.41, 5.74) is 2.42. The van der Waals surface area contributed by atoms with Crippen LogP contribution in [0.2, 0.25) is 0 Å². The highest BCUT2D eigenvalue weighted by atomic mass is 19.2. The molecule has 3 aromatic rings. The first-order valence-corrected chi connectivity index (χ1v) is 9.03. The molecule has 0 saturated carbocycles. The van der Waals surface area contributed by atoms with E-state index < -0.39 is 11.6 Å². The van der Waals surface area contributed by atoms with Crippen LogP contribution < -0.4 is 9.64 Å². The minimum atomic E-state index is -0.952. The molecule has 0 unspecified atom stereocenters. The van der Waals surface area contributed by atoms with E-state index in [2.05, 4.69) is 4.98 Å². The molecule has 0 bridgehead atoms. The van der Waals surface area contributed by atoms with Crippen LogP contribution in [-0.4, -0.2) is 17.4 Å². The zero-order valence-corrected chi connectivity index (χ0v) is 15.1. The van der Waals surface area contributed by atoms with E-state index in [0.717, 1.165) is 11.6 Å². The lowest BCUT2D eigenvalue weighted by Gasteiger charge is -2.29. The molecule has 2 aromatic carbocycles. The molecule has 0 fully saturated rings. The first-order chi connectivity index (χ1) is 13.6. The van der Waals surface area contributed by atoms with Gasteiger partial charge in [0.15, 0.2) is 11.6 Å². The van der Waals surface area contributed by atoms with Crippen LogP contribution in [0.15, 0.2) is 60.9 Å². The Bertz CT molecular complexity index is 1010. The third kappa shape index (κ3) is 3.71. The van der Waals surface area contributed by atoms with Crippen molar-refractivity contribution in [1.29, 1.82) is 0 Å². The number of aromatic nitrogens is 1. The summed E-state index contributed by atoms with van der Waals surface area (Å²) >= 11 is 0. The molecular formula is C22H18F2N2O2. The van der Waals surface area contributed by atoms with Crippen molar-refractivity contribution < 1.29 is 18.3 Å². The number of carbonyl (C=O) groups is 1. The van der Waals surface area contributed by atoms with Gasteiger partial charge in [-0.2, -0.15) is 0 Å². The second-order valence-electron chi connectivity index (χ2n) is 6.63. The van der Waals surface area contributed by atoms with Crippen LogP contribution in [0.25, 0.3) is 0 Å². The highest BCUT2D eigenvalue weighted by Crippen LogP contribution is 2.31. The maximum atomic E-state index is 13.7. The number of anilines is 1. The van der Waals surface area contributed by atoms with Crippen molar-refractivity contribution in [1.82, 2.24) is 4.98 Å². The van der Waals surface area contributed by atoms with Gasteiger partial charge < -0.3 is 9.64 Å². The van der Waals surface area contributed by atoms with Crippen molar-refractivity contribution in [3.05, 3.63) is 89.2 Å². The number of fused-ring (bicyclic) bond motifs is 1. The zero-order valence-electron chi connectivity index (χ0n) is 15.1.